The molecular weight excluding hydrogens is 421 g/mol. The number of ether oxygens (including phenoxy) is 1. The number of likely N-dealkylation sites (tertiary alicyclic amines) is 1. The van der Waals surface area contributed by atoms with E-state index < -0.39 is 23.6 Å². The zero-order chi connectivity index (χ0) is 23.3. The van der Waals surface area contributed by atoms with Crippen LogP contribution in [0.5, 0.6) is 5.75 Å². The van der Waals surface area contributed by atoms with E-state index in [2.05, 4.69) is 5.32 Å². The van der Waals surface area contributed by atoms with E-state index in [-0.39, 0.29) is 24.9 Å². The largest absolute Gasteiger partial charge is 0.497 e. The monoisotopic (exact) mass is 448 g/mol. The Morgan fingerprint density at radius 2 is 1.88 bits per heavy atom. The number of halogens is 3. The molecule has 2 aromatic rings. The van der Waals surface area contributed by atoms with Crippen molar-refractivity contribution < 1.29 is 27.5 Å². The number of methoxy groups -OCH3 is 1. The molecule has 5 nitrogen and oxygen atoms in total. The minimum atomic E-state index is -4.48. The molecule has 2 atom stereocenters. The highest BCUT2D eigenvalue weighted by atomic mass is 19.4. The van der Waals surface area contributed by atoms with Crippen molar-refractivity contribution in [3.05, 3.63) is 65.2 Å². The Balaban J connectivity index is 1.89. The average Bonchev–Trinajstić information content (AvgIpc) is 3.24. The molecule has 3 rings (SSSR count). The van der Waals surface area contributed by atoms with Crippen molar-refractivity contribution in [1.82, 2.24) is 10.2 Å². The zero-order valence-corrected chi connectivity index (χ0v) is 18.1. The molecule has 1 N–H and O–H groups in total. The highest BCUT2D eigenvalue weighted by molar-refractivity contribution is 5.95. The fourth-order valence-electron chi connectivity index (χ4n) is 3.98. The van der Waals surface area contributed by atoms with Gasteiger partial charge in [-0.15, -0.1) is 0 Å². The molecule has 1 aliphatic rings. The predicted octanol–water partition coefficient (Wildman–Crippen LogP) is 4.49. The standard InChI is InChI=1S/C24H27F3N2O3/c1-3-4-11-28-22(30)21-15-29(23(31)17-8-6-10-19(13-17)32-2)14-20(21)16-7-5-9-18(12-16)24(25,26)27/h5-10,12-13,20-21H,3-4,11,14-15H2,1-2H3,(H,28,30). The summed E-state index contributed by atoms with van der Waals surface area (Å²) in [5, 5.41) is 2.87. The van der Waals surface area contributed by atoms with Crippen molar-refractivity contribution >= 4 is 11.8 Å². The Labute approximate surface area is 185 Å². The van der Waals surface area contributed by atoms with E-state index in [9.17, 15) is 22.8 Å². The molecule has 1 saturated heterocycles. The number of benzene rings is 2. The topological polar surface area (TPSA) is 58.6 Å². The Bertz CT molecular complexity index is 962. The number of alkyl halides is 3. The van der Waals surface area contributed by atoms with E-state index in [1.54, 1.807) is 30.3 Å². The minimum absolute atomic E-state index is 0.134. The number of carbonyl (C=O) groups is 2. The zero-order valence-electron chi connectivity index (χ0n) is 18.1. The lowest BCUT2D eigenvalue weighted by atomic mass is 9.87. The molecule has 8 heteroatoms. The molecule has 0 aliphatic carbocycles. The summed E-state index contributed by atoms with van der Waals surface area (Å²) >= 11 is 0. The van der Waals surface area contributed by atoms with E-state index >= 15 is 0 Å². The maximum absolute atomic E-state index is 13.3. The van der Waals surface area contributed by atoms with Crippen molar-refractivity contribution in [1.29, 1.82) is 0 Å². The van der Waals surface area contributed by atoms with Crippen LogP contribution in [0.1, 0.15) is 47.2 Å². The van der Waals surface area contributed by atoms with Crippen molar-refractivity contribution in [3.63, 3.8) is 0 Å². The normalized spacial score (nSPS) is 18.5. The van der Waals surface area contributed by atoms with Gasteiger partial charge >= 0.3 is 6.18 Å². The second kappa shape index (κ2) is 10.1. The maximum Gasteiger partial charge on any atom is 0.416 e. The Kier molecular flexibility index (Phi) is 7.43. The molecule has 2 unspecified atom stereocenters. The number of amides is 2. The van der Waals surface area contributed by atoms with E-state index in [1.807, 2.05) is 6.92 Å². The van der Waals surface area contributed by atoms with Crippen LogP contribution in [0.3, 0.4) is 0 Å². The first-order chi connectivity index (χ1) is 15.2. The lowest BCUT2D eigenvalue weighted by Gasteiger charge is -2.19. The highest BCUT2D eigenvalue weighted by Crippen LogP contribution is 2.37. The van der Waals surface area contributed by atoms with E-state index in [1.165, 1.54) is 18.1 Å². The molecule has 0 radical (unpaired) electrons. The van der Waals surface area contributed by atoms with Crippen LogP contribution >= 0.6 is 0 Å². The van der Waals surface area contributed by atoms with Gasteiger partial charge in [0.05, 0.1) is 18.6 Å². The first-order valence-corrected chi connectivity index (χ1v) is 10.6. The predicted molar refractivity (Wildman–Crippen MR) is 114 cm³/mol. The third kappa shape index (κ3) is 5.41. The summed E-state index contributed by atoms with van der Waals surface area (Å²) in [5.74, 6) is -1.18. The molecule has 2 amide bonds. The van der Waals surface area contributed by atoms with Crippen LogP contribution in [0, 0.1) is 5.92 Å². The number of nitrogens with zero attached hydrogens (tertiary/aromatic N) is 1. The third-order valence-corrected chi connectivity index (χ3v) is 5.73. The molecule has 32 heavy (non-hydrogen) atoms. The maximum atomic E-state index is 13.3. The molecule has 1 aliphatic heterocycles. The first kappa shape index (κ1) is 23.6. The molecule has 0 bridgehead atoms. The lowest BCUT2D eigenvalue weighted by Crippen LogP contribution is -2.36. The third-order valence-electron chi connectivity index (χ3n) is 5.73. The first-order valence-electron chi connectivity index (χ1n) is 10.6. The van der Waals surface area contributed by atoms with Gasteiger partial charge in [-0.1, -0.05) is 37.6 Å². The SMILES string of the molecule is CCCCNC(=O)C1CN(C(=O)c2cccc(OC)c2)CC1c1cccc(C(F)(F)F)c1. The highest BCUT2D eigenvalue weighted by Gasteiger charge is 2.41. The van der Waals surface area contributed by atoms with Crippen molar-refractivity contribution in [2.45, 2.75) is 31.9 Å². The molecule has 0 saturated carbocycles. The number of hydrogen-bond donors (Lipinski definition) is 1. The Morgan fingerprint density at radius 3 is 2.56 bits per heavy atom. The summed E-state index contributed by atoms with van der Waals surface area (Å²) in [6.45, 7) is 2.78. The average molecular weight is 448 g/mol. The van der Waals surface area contributed by atoms with Crippen LogP contribution in [-0.4, -0.2) is 43.5 Å². The van der Waals surface area contributed by atoms with Crippen LogP contribution in [0.4, 0.5) is 13.2 Å². The van der Waals surface area contributed by atoms with Gasteiger partial charge in [0.25, 0.3) is 5.91 Å². The van der Waals surface area contributed by atoms with Crippen molar-refractivity contribution in [3.8, 4) is 5.75 Å². The molecule has 0 aromatic heterocycles. The van der Waals surface area contributed by atoms with Crippen LogP contribution < -0.4 is 10.1 Å². The van der Waals surface area contributed by atoms with Gasteiger partial charge in [-0.2, -0.15) is 13.2 Å². The molecule has 0 spiro atoms. The van der Waals surface area contributed by atoms with Gasteiger partial charge < -0.3 is 15.0 Å². The van der Waals surface area contributed by atoms with E-state index in [4.69, 9.17) is 4.74 Å². The van der Waals surface area contributed by atoms with Crippen LogP contribution in [0.15, 0.2) is 48.5 Å². The molecule has 2 aromatic carbocycles. The summed E-state index contributed by atoms with van der Waals surface area (Å²) in [5.41, 5.74) is 0.0355. The Hall–Kier alpha value is -3.03. The van der Waals surface area contributed by atoms with Gasteiger partial charge in [-0.3, -0.25) is 9.59 Å². The second-order valence-electron chi connectivity index (χ2n) is 7.92. The van der Waals surface area contributed by atoms with Gasteiger partial charge in [-0.05, 0) is 36.2 Å². The fourth-order valence-corrected chi connectivity index (χ4v) is 3.98. The van der Waals surface area contributed by atoms with Gasteiger partial charge in [0.1, 0.15) is 5.75 Å². The smallest absolute Gasteiger partial charge is 0.416 e. The van der Waals surface area contributed by atoms with Gasteiger partial charge in [-0.25, -0.2) is 0 Å². The Morgan fingerprint density at radius 1 is 1.12 bits per heavy atom. The summed E-state index contributed by atoms with van der Waals surface area (Å²) in [6.07, 6.45) is -2.77. The van der Waals surface area contributed by atoms with Gasteiger partial charge in [0, 0.05) is 31.1 Å². The van der Waals surface area contributed by atoms with E-state index in [0.717, 1.165) is 25.0 Å². The summed E-state index contributed by atoms with van der Waals surface area (Å²) < 4.78 is 45.0. The number of rotatable bonds is 7. The summed E-state index contributed by atoms with van der Waals surface area (Å²) in [7, 11) is 1.50. The quantitative estimate of drug-likeness (QED) is 0.635. The van der Waals surface area contributed by atoms with Crippen LogP contribution in [0.2, 0.25) is 0 Å². The summed E-state index contributed by atoms with van der Waals surface area (Å²) in [6, 6.07) is 11.7. The van der Waals surface area contributed by atoms with Gasteiger partial charge in [0.15, 0.2) is 0 Å². The van der Waals surface area contributed by atoms with E-state index in [0.29, 0.717) is 23.4 Å². The van der Waals surface area contributed by atoms with Crippen LogP contribution in [-0.2, 0) is 11.0 Å². The van der Waals surface area contributed by atoms with Gasteiger partial charge in [0.2, 0.25) is 5.91 Å². The van der Waals surface area contributed by atoms with Crippen molar-refractivity contribution in [2.24, 2.45) is 5.92 Å². The minimum Gasteiger partial charge on any atom is -0.497 e. The van der Waals surface area contributed by atoms with Crippen molar-refractivity contribution in [2.75, 3.05) is 26.7 Å². The molecule has 1 fully saturated rings. The lowest BCUT2D eigenvalue weighted by molar-refractivity contribution is -0.137. The number of unbranched alkanes of at least 4 members (excludes halogenated alkanes) is 1. The van der Waals surface area contributed by atoms with Crippen LogP contribution in [0.25, 0.3) is 0 Å². The molecule has 172 valence electrons. The second-order valence-corrected chi connectivity index (χ2v) is 7.92. The number of hydrogen-bond acceptors (Lipinski definition) is 3. The fraction of sp³-hybridized carbons (Fsp3) is 0.417. The molecule has 1 heterocycles. The number of nitrogens with one attached hydrogen (secondary N) is 1. The number of carbonyl (C=O) groups excluding carboxylic acids is 2. The molecular formula is C24H27F3N2O3. The summed E-state index contributed by atoms with van der Waals surface area (Å²) in [4.78, 5) is 27.5.